The van der Waals surface area contributed by atoms with Gasteiger partial charge in [-0.25, -0.2) is 0 Å². The molecular formula is C21H28N4O4. The number of nitrogens with one attached hydrogen (secondary N) is 1. The smallest absolute Gasteiger partial charge is 0.269 e. The normalized spacial score (nSPS) is 17.7. The molecular weight excluding hydrogens is 372 g/mol. The van der Waals surface area contributed by atoms with E-state index in [1.54, 1.807) is 25.4 Å². The highest BCUT2D eigenvalue weighted by Crippen LogP contribution is 2.22. The Morgan fingerprint density at radius 3 is 2.90 bits per heavy atom. The minimum absolute atomic E-state index is 0.110. The van der Waals surface area contributed by atoms with Gasteiger partial charge in [0.15, 0.2) is 0 Å². The molecule has 1 aliphatic rings. The van der Waals surface area contributed by atoms with E-state index in [4.69, 9.17) is 9.26 Å². The molecule has 0 aliphatic carbocycles. The van der Waals surface area contributed by atoms with Crippen molar-refractivity contribution in [1.82, 2.24) is 20.4 Å². The van der Waals surface area contributed by atoms with E-state index in [0.717, 1.165) is 36.4 Å². The van der Waals surface area contributed by atoms with Crippen molar-refractivity contribution in [1.29, 1.82) is 0 Å². The number of pyridine rings is 1. The van der Waals surface area contributed by atoms with E-state index < -0.39 is 0 Å². The maximum atomic E-state index is 13.0. The molecule has 0 bridgehead atoms. The summed E-state index contributed by atoms with van der Waals surface area (Å²) in [7, 11) is 1.56. The third-order valence-corrected chi connectivity index (χ3v) is 5.30. The second kappa shape index (κ2) is 9.07. The Hall–Kier alpha value is -2.90. The molecule has 1 fully saturated rings. The van der Waals surface area contributed by atoms with E-state index in [9.17, 15) is 9.59 Å². The van der Waals surface area contributed by atoms with Gasteiger partial charge in [-0.05, 0) is 39.2 Å². The number of rotatable bonds is 6. The average molecular weight is 400 g/mol. The highest BCUT2D eigenvalue weighted by molar-refractivity contribution is 5.92. The fourth-order valence-corrected chi connectivity index (χ4v) is 3.66. The van der Waals surface area contributed by atoms with Gasteiger partial charge < -0.3 is 19.5 Å². The second-order valence-electron chi connectivity index (χ2n) is 7.53. The lowest BCUT2D eigenvalue weighted by Crippen LogP contribution is -2.46. The topological polar surface area (TPSA) is 97.6 Å². The van der Waals surface area contributed by atoms with Crippen LogP contribution in [-0.4, -0.2) is 53.1 Å². The molecule has 0 aromatic carbocycles. The number of carbonyl (C=O) groups excluding carboxylic acids is 2. The van der Waals surface area contributed by atoms with Gasteiger partial charge in [-0.2, -0.15) is 0 Å². The number of ether oxygens (including phenoxy) is 1. The standard InChI is InChI=1S/C21H28N4O4/c1-13(10-18-14(2)24-29-15(18)3)21(27)25-9-5-6-17(12-25)28-16-7-8-23-19(11-16)20(26)22-4/h7-8,11,13,17H,5-6,9-10,12H2,1-4H3,(H,22,26)/t13-,17+/m1/s1. The van der Waals surface area contributed by atoms with Crippen LogP contribution >= 0.6 is 0 Å². The maximum absolute atomic E-state index is 13.0. The van der Waals surface area contributed by atoms with E-state index in [0.29, 0.717) is 24.4 Å². The van der Waals surface area contributed by atoms with Crippen LogP contribution in [0.15, 0.2) is 22.9 Å². The zero-order chi connectivity index (χ0) is 21.0. The molecule has 8 nitrogen and oxygen atoms in total. The minimum Gasteiger partial charge on any atom is -0.488 e. The molecule has 29 heavy (non-hydrogen) atoms. The number of amides is 2. The molecule has 2 aromatic rings. The Kier molecular flexibility index (Phi) is 6.51. The lowest BCUT2D eigenvalue weighted by molar-refractivity contribution is -0.137. The number of likely N-dealkylation sites (tertiary alicyclic amines) is 1. The first-order chi connectivity index (χ1) is 13.9. The summed E-state index contributed by atoms with van der Waals surface area (Å²) < 4.78 is 11.3. The average Bonchev–Trinajstić information content (AvgIpc) is 3.05. The van der Waals surface area contributed by atoms with Gasteiger partial charge in [0.25, 0.3) is 5.91 Å². The van der Waals surface area contributed by atoms with E-state index in [-0.39, 0.29) is 23.8 Å². The summed E-state index contributed by atoms with van der Waals surface area (Å²) in [5.74, 6) is 1.04. The number of aryl methyl sites for hydroxylation is 2. The first-order valence-corrected chi connectivity index (χ1v) is 9.94. The van der Waals surface area contributed by atoms with E-state index in [1.165, 1.54) is 0 Å². The van der Waals surface area contributed by atoms with Crippen LogP contribution in [0.4, 0.5) is 0 Å². The number of nitrogens with zero attached hydrogens (tertiary/aromatic N) is 3. The molecule has 8 heteroatoms. The Morgan fingerprint density at radius 2 is 2.21 bits per heavy atom. The van der Waals surface area contributed by atoms with Gasteiger partial charge >= 0.3 is 0 Å². The Bertz CT molecular complexity index is 860. The molecule has 1 N–H and O–H groups in total. The molecule has 1 saturated heterocycles. The summed E-state index contributed by atoms with van der Waals surface area (Å²) in [4.78, 5) is 30.7. The van der Waals surface area contributed by atoms with E-state index >= 15 is 0 Å². The first-order valence-electron chi connectivity index (χ1n) is 9.94. The summed E-state index contributed by atoms with van der Waals surface area (Å²) >= 11 is 0. The number of aromatic nitrogens is 2. The van der Waals surface area contributed by atoms with Crippen LogP contribution in [0.1, 0.15) is 47.3 Å². The molecule has 0 saturated carbocycles. The lowest BCUT2D eigenvalue weighted by atomic mass is 9.97. The first kappa shape index (κ1) is 20.8. The summed E-state index contributed by atoms with van der Waals surface area (Å²) in [5.41, 5.74) is 2.16. The van der Waals surface area contributed by atoms with Crippen molar-refractivity contribution in [2.75, 3.05) is 20.1 Å². The molecule has 3 rings (SSSR count). The predicted octanol–water partition coefficient (Wildman–Crippen LogP) is 2.29. The Morgan fingerprint density at radius 1 is 1.41 bits per heavy atom. The highest BCUT2D eigenvalue weighted by Gasteiger charge is 2.29. The Balaban J connectivity index is 1.61. The molecule has 1 aliphatic heterocycles. The molecule has 0 radical (unpaired) electrons. The van der Waals surface area contributed by atoms with Gasteiger partial charge in [0, 0.05) is 37.3 Å². The fourth-order valence-electron chi connectivity index (χ4n) is 3.66. The minimum atomic E-state index is -0.260. The van der Waals surface area contributed by atoms with Crippen molar-refractivity contribution in [3.63, 3.8) is 0 Å². The SMILES string of the molecule is CNC(=O)c1cc(O[C@H]2CCCN(C(=O)[C@H](C)Cc3c(C)noc3C)C2)ccn1. The monoisotopic (exact) mass is 400 g/mol. The van der Waals surface area contributed by atoms with Crippen molar-refractivity contribution in [2.45, 2.75) is 46.1 Å². The molecule has 0 spiro atoms. The van der Waals surface area contributed by atoms with Crippen LogP contribution in [0.5, 0.6) is 5.75 Å². The summed E-state index contributed by atoms with van der Waals surface area (Å²) in [5, 5.41) is 6.52. The number of carbonyl (C=O) groups is 2. The molecule has 2 amide bonds. The third-order valence-electron chi connectivity index (χ3n) is 5.30. The molecule has 2 aromatic heterocycles. The highest BCUT2D eigenvalue weighted by atomic mass is 16.5. The quantitative estimate of drug-likeness (QED) is 0.799. The molecule has 156 valence electrons. The molecule has 3 heterocycles. The fraction of sp³-hybridized carbons (Fsp3) is 0.524. The zero-order valence-electron chi connectivity index (χ0n) is 17.4. The second-order valence-corrected chi connectivity index (χ2v) is 7.53. The van der Waals surface area contributed by atoms with Gasteiger partial charge in [0.2, 0.25) is 5.91 Å². The number of piperidine rings is 1. The zero-order valence-corrected chi connectivity index (χ0v) is 17.4. The summed E-state index contributed by atoms with van der Waals surface area (Å²) in [6.45, 7) is 6.97. The number of hydrogen-bond acceptors (Lipinski definition) is 6. The third kappa shape index (κ3) is 4.93. The van der Waals surface area contributed by atoms with Gasteiger partial charge in [-0.3, -0.25) is 14.6 Å². The van der Waals surface area contributed by atoms with Crippen LogP contribution in [-0.2, 0) is 11.2 Å². The van der Waals surface area contributed by atoms with Crippen molar-refractivity contribution in [2.24, 2.45) is 5.92 Å². The van der Waals surface area contributed by atoms with E-state index in [2.05, 4.69) is 15.5 Å². The van der Waals surface area contributed by atoms with Gasteiger partial charge in [0.05, 0.1) is 12.2 Å². The van der Waals surface area contributed by atoms with Crippen molar-refractivity contribution < 1.29 is 18.8 Å². The predicted molar refractivity (Wildman–Crippen MR) is 107 cm³/mol. The van der Waals surface area contributed by atoms with Gasteiger partial charge in [-0.15, -0.1) is 0 Å². The van der Waals surface area contributed by atoms with Crippen molar-refractivity contribution in [3.05, 3.63) is 41.0 Å². The molecule has 2 atom stereocenters. The van der Waals surface area contributed by atoms with Crippen LogP contribution in [0.2, 0.25) is 0 Å². The number of hydrogen-bond donors (Lipinski definition) is 1. The van der Waals surface area contributed by atoms with E-state index in [1.807, 2.05) is 25.7 Å². The van der Waals surface area contributed by atoms with Crippen LogP contribution in [0.25, 0.3) is 0 Å². The maximum Gasteiger partial charge on any atom is 0.269 e. The summed E-state index contributed by atoms with van der Waals surface area (Å²) in [6.07, 6.45) is 3.79. The van der Waals surface area contributed by atoms with Crippen molar-refractivity contribution >= 4 is 11.8 Å². The molecule has 0 unspecified atom stereocenters. The largest absolute Gasteiger partial charge is 0.488 e. The van der Waals surface area contributed by atoms with Gasteiger partial charge in [0.1, 0.15) is 23.3 Å². The summed E-state index contributed by atoms with van der Waals surface area (Å²) in [6, 6.07) is 3.35. The van der Waals surface area contributed by atoms with Crippen LogP contribution in [0.3, 0.4) is 0 Å². The van der Waals surface area contributed by atoms with Crippen LogP contribution < -0.4 is 10.1 Å². The Labute approximate surface area is 170 Å². The van der Waals surface area contributed by atoms with Crippen molar-refractivity contribution in [3.8, 4) is 5.75 Å². The van der Waals surface area contributed by atoms with Crippen LogP contribution in [0, 0.1) is 19.8 Å². The lowest BCUT2D eigenvalue weighted by Gasteiger charge is -2.34. The van der Waals surface area contributed by atoms with Gasteiger partial charge in [-0.1, -0.05) is 12.1 Å².